The molecule has 1 aromatic carbocycles. The van der Waals surface area contributed by atoms with Crippen LogP contribution in [0.1, 0.15) is 0 Å². The van der Waals surface area contributed by atoms with E-state index in [9.17, 15) is 56.7 Å². The predicted octanol–water partition coefficient (Wildman–Crippen LogP) is 4.18. The first-order valence-electron chi connectivity index (χ1n) is 6.56. The van der Waals surface area contributed by atoms with Crippen molar-refractivity contribution in [3.63, 3.8) is 0 Å². The Morgan fingerprint density at radius 2 is 0.964 bits per heavy atom. The van der Waals surface area contributed by atoms with Gasteiger partial charge in [0.25, 0.3) is 0 Å². The smallest absolute Gasteiger partial charge is 0.362 e. The molecule has 0 amide bonds. The lowest BCUT2D eigenvalue weighted by molar-refractivity contribution is -0.513. The molecule has 0 aliphatic heterocycles. The van der Waals surface area contributed by atoms with Crippen molar-refractivity contribution in [3.05, 3.63) is 30.3 Å². The van der Waals surface area contributed by atoms with Gasteiger partial charge in [-0.2, -0.15) is 60.9 Å². The van der Waals surface area contributed by atoms with E-state index in [-0.39, 0.29) is 0 Å². The molecule has 160 valence electrons. The molecular formula is C12H5F11O4S. The highest BCUT2D eigenvalue weighted by Gasteiger charge is 3.03. The number of hydrogen-bond acceptors (Lipinski definition) is 4. The number of para-hydroxylation sites is 1. The van der Waals surface area contributed by atoms with Crippen LogP contribution in [-0.2, 0) is 14.6 Å². The standard InChI is InChI=1S/C12H5F11O4S/c13-7(14)8(15,16)10(19,20)12(23,11(21,22)9(7,17)18)27-28(24,25)26-6-4-2-1-3-5-6/h1-5H. The minimum atomic E-state index is -7.50. The maximum absolute atomic E-state index is 14.2. The molecule has 0 heterocycles. The van der Waals surface area contributed by atoms with Crippen LogP contribution < -0.4 is 4.18 Å². The monoisotopic (exact) mass is 454 g/mol. The van der Waals surface area contributed by atoms with Gasteiger partial charge in [-0.25, -0.2) is 0 Å². The number of benzene rings is 1. The zero-order chi connectivity index (χ0) is 22.0. The Labute approximate surface area is 148 Å². The fraction of sp³-hybridized carbons (Fsp3) is 0.500. The SMILES string of the molecule is O=S(=O)(Oc1ccccc1)OC1(F)C(F)(F)C(F)(F)C(F)(F)C(F)(F)C1(F)F. The third kappa shape index (κ3) is 2.56. The van der Waals surface area contributed by atoms with Crippen molar-refractivity contribution in [2.24, 2.45) is 0 Å². The molecule has 0 unspecified atom stereocenters. The Bertz CT molecular complexity index is 824. The lowest BCUT2D eigenvalue weighted by atomic mass is 9.79. The quantitative estimate of drug-likeness (QED) is 0.641. The highest BCUT2D eigenvalue weighted by atomic mass is 32.3. The van der Waals surface area contributed by atoms with Gasteiger partial charge in [-0.3, -0.25) is 0 Å². The van der Waals surface area contributed by atoms with Gasteiger partial charge in [-0.05, 0) is 12.1 Å². The first-order chi connectivity index (χ1) is 12.3. The average molecular weight is 454 g/mol. The summed E-state index contributed by atoms with van der Waals surface area (Å²) in [6, 6.07) is 4.61. The van der Waals surface area contributed by atoms with Gasteiger partial charge in [0, 0.05) is 0 Å². The molecule has 1 aliphatic carbocycles. The van der Waals surface area contributed by atoms with Crippen LogP contribution in [0.15, 0.2) is 30.3 Å². The van der Waals surface area contributed by atoms with Gasteiger partial charge in [-0.1, -0.05) is 18.2 Å². The van der Waals surface area contributed by atoms with Gasteiger partial charge in [0.15, 0.2) is 0 Å². The molecule has 0 spiro atoms. The van der Waals surface area contributed by atoms with Crippen molar-refractivity contribution in [2.45, 2.75) is 35.5 Å². The van der Waals surface area contributed by atoms with E-state index in [0.717, 1.165) is 12.1 Å². The molecule has 16 heteroatoms. The van der Waals surface area contributed by atoms with E-state index >= 15 is 0 Å². The van der Waals surface area contributed by atoms with Crippen molar-refractivity contribution in [2.75, 3.05) is 0 Å². The maximum Gasteiger partial charge on any atom is 0.452 e. The Kier molecular flexibility index (Phi) is 4.68. The summed E-state index contributed by atoms with van der Waals surface area (Å²) in [5.41, 5.74) is 0. The molecule has 0 aromatic heterocycles. The van der Waals surface area contributed by atoms with Crippen molar-refractivity contribution in [1.82, 2.24) is 0 Å². The summed E-state index contributed by atoms with van der Waals surface area (Å²) in [6.45, 7) is 0. The Balaban J connectivity index is 2.62. The molecule has 28 heavy (non-hydrogen) atoms. The Morgan fingerprint density at radius 3 is 1.36 bits per heavy atom. The molecule has 1 aliphatic rings. The van der Waals surface area contributed by atoms with Crippen LogP contribution in [0.25, 0.3) is 0 Å². The molecule has 4 nitrogen and oxygen atoms in total. The molecule has 1 saturated carbocycles. The third-order valence-electron chi connectivity index (χ3n) is 3.54. The van der Waals surface area contributed by atoms with Crippen molar-refractivity contribution in [3.8, 4) is 5.75 Å². The van der Waals surface area contributed by atoms with Gasteiger partial charge in [0.05, 0.1) is 0 Å². The molecule has 1 aromatic rings. The second-order valence-corrected chi connectivity index (χ2v) is 6.51. The normalized spacial score (nSPS) is 26.4. The first kappa shape index (κ1) is 22.4. The molecule has 2 rings (SSSR count). The zero-order valence-corrected chi connectivity index (χ0v) is 13.4. The number of rotatable bonds is 4. The van der Waals surface area contributed by atoms with E-state index in [1.54, 1.807) is 0 Å². The van der Waals surface area contributed by atoms with E-state index in [1.165, 1.54) is 6.07 Å². The molecule has 1 fully saturated rings. The van der Waals surface area contributed by atoms with Gasteiger partial charge in [-0.15, -0.1) is 0 Å². The van der Waals surface area contributed by atoms with Crippen molar-refractivity contribution < 1.29 is 65.1 Å². The van der Waals surface area contributed by atoms with Gasteiger partial charge in [0.2, 0.25) is 0 Å². The molecule has 0 radical (unpaired) electrons. The second kappa shape index (κ2) is 5.84. The van der Waals surface area contributed by atoms with Gasteiger partial charge < -0.3 is 4.18 Å². The van der Waals surface area contributed by atoms with E-state index in [0.29, 0.717) is 12.1 Å². The molecule has 0 bridgehead atoms. The van der Waals surface area contributed by atoms with Crippen molar-refractivity contribution >= 4 is 10.4 Å². The van der Waals surface area contributed by atoms with E-state index < -0.39 is 51.6 Å². The van der Waals surface area contributed by atoms with Crippen molar-refractivity contribution in [1.29, 1.82) is 0 Å². The molecule has 0 atom stereocenters. The van der Waals surface area contributed by atoms with Crippen LogP contribution in [0.5, 0.6) is 5.75 Å². The zero-order valence-electron chi connectivity index (χ0n) is 12.6. The minimum Gasteiger partial charge on any atom is -0.362 e. The average Bonchev–Trinajstić information content (AvgIpc) is 2.52. The van der Waals surface area contributed by atoms with E-state index in [1.807, 2.05) is 0 Å². The molecule has 0 saturated heterocycles. The number of halogens is 11. The fourth-order valence-electron chi connectivity index (χ4n) is 2.05. The summed E-state index contributed by atoms with van der Waals surface area (Å²) in [7, 11) is -6.52. The third-order valence-corrected chi connectivity index (χ3v) is 4.37. The summed E-state index contributed by atoms with van der Waals surface area (Å²) in [4.78, 5) is 0. The van der Waals surface area contributed by atoms with E-state index in [2.05, 4.69) is 8.37 Å². The maximum atomic E-state index is 14.2. The summed E-state index contributed by atoms with van der Waals surface area (Å²) in [6.07, 6.45) is 0. The van der Waals surface area contributed by atoms with Crippen LogP contribution in [-0.4, -0.2) is 43.9 Å². The Morgan fingerprint density at radius 1 is 0.607 bits per heavy atom. The summed E-state index contributed by atoms with van der Waals surface area (Å²) < 4.78 is 176. The lowest BCUT2D eigenvalue weighted by Crippen LogP contribution is -2.84. The van der Waals surface area contributed by atoms with Crippen LogP contribution in [0.3, 0.4) is 0 Å². The summed E-state index contributed by atoms with van der Waals surface area (Å²) in [5.74, 6) is -45.5. The summed E-state index contributed by atoms with van der Waals surface area (Å²) in [5, 5.41) is 0. The first-order valence-corrected chi connectivity index (χ1v) is 7.90. The van der Waals surface area contributed by atoms with E-state index in [4.69, 9.17) is 0 Å². The van der Waals surface area contributed by atoms with Crippen LogP contribution >= 0.6 is 0 Å². The van der Waals surface area contributed by atoms with Crippen LogP contribution in [0, 0.1) is 0 Å². The highest BCUT2D eigenvalue weighted by Crippen LogP contribution is 2.69. The fourth-order valence-corrected chi connectivity index (χ4v) is 2.92. The van der Waals surface area contributed by atoms with Gasteiger partial charge in [0.1, 0.15) is 5.75 Å². The molecule has 0 N–H and O–H groups in total. The molecular weight excluding hydrogens is 449 g/mol. The second-order valence-electron chi connectivity index (χ2n) is 5.36. The Hall–Kier alpha value is -1.84. The summed E-state index contributed by atoms with van der Waals surface area (Å²) >= 11 is 0. The lowest BCUT2D eigenvalue weighted by Gasteiger charge is -2.50. The number of hydrogen-bond donors (Lipinski definition) is 0. The highest BCUT2D eigenvalue weighted by molar-refractivity contribution is 7.82. The minimum absolute atomic E-state index is 0.695. The predicted molar refractivity (Wildman–Crippen MR) is 65.6 cm³/mol. The topological polar surface area (TPSA) is 52.6 Å². The number of alkyl halides is 11. The van der Waals surface area contributed by atoms with Crippen LogP contribution in [0.4, 0.5) is 48.3 Å². The largest absolute Gasteiger partial charge is 0.452 e. The van der Waals surface area contributed by atoms with Gasteiger partial charge >= 0.3 is 45.9 Å². The van der Waals surface area contributed by atoms with Crippen LogP contribution in [0.2, 0.25) is 0 Å².